The van der Waals surface area contributed by atoms with Crippen molar-refractivity contribution < 1.29 is 13.9 Å². The molecular formula is C25H36Br2O3Si. The molecule has 0 bridgehead atoms. The van der Waals surface area contributed by atoms with Crippen LogP contribution in [0.4, 0.5) is 0 Å². The van der Waals surface area contributed by atoms with E-state index in [0.29, 0.717) is 17.0 Å². The molecule has 0 N–H and O–H groups in total. The van der Waals surface area contributed by atoms with E-state index in [1.165, 1.54) is 10.4 Å². The van der Waals surface area contributed by atoms with Gasteiger partial charge in [-0.15, -0.1) is 0 Å². The van der Waals surface area contributed by atoms with E-state index in [9.17, 15) is 0 Å². The minimum Gasteiger partial charge on any atom is -0.407 e. The largest absolute Gasteiger partial charge is 0.407 e. The van der Waals surface area contributed by atoms with Crippen LogP contribution in [0.2, 0.25) is 5.04 Å². The highest BCUT2D eigenvalue weighted by atomic mass is 79.9. The molecule has 0 spiro atoms. The second-order valence-electron chi connectivity index (χ2n) is 8.62. The van der Waals surface area contributed by atoms with E-state index >= 15 is 0 Å². The van der Waals surface area contributed by atoms with Crippen LogP contribution in [0.15, 0.2) is 60.7 Å². The number of ether oxygens (including phenoxy) is 2. The summed E-state index contributed by atoms with van der Waals surface area (Å²) in [5.74, 6) is 0. The molecule has 3 nitrogen and oxygen atoms in total. The zero-order valence-corrected chi connectivity index (χ0v) is 23.2. The van der Waals surface area contributed by atoms with Gasteiger partial charge < -0.3 is 13.9 Å². The van der Waals surface area contributed by atoms with Crippen molar-refractivity contribution in [3.63, 3.8) is 0 Å². The molecule has 0 aliphatic carbocycles. The fourth-order valence-corrected chi connectivity index (χ4v) is 8.77. The molecular weight excluding hydrogens is 536 g/mol. The summed E-state index contributed by atoms with van der Waals surface area (Å²) < 4.78 is 18.6. The summed E-state index contributed by atoms with van der Waals surface area (Å²) in [7, 11) is -2.43. The lowest BCUT2D eigenvalue weighted by Gasteiger charge is -2.43. The topological polar surface area (TPSA) is 27.7 Å². The molecule has 0 atom stereocenters. The van der Waals surface area contributed by atoms with Crippen molar-refractivity contribution in [1.82, 2.24) is 0 Å². The number of hydrogen-bond donors (Lipinski definition) is 0. The van der Waals surface area contributed by atoms with E-state index in [4.69, 9.17) is 13.9 Å². The Labute approximate surface area is 206 Å². The van der Waals surface area contributed by atoms with Crippen molar-refractivity contribution in [2.24, 2.45) is 0 Å². The molecule has 31 heavy (non-hydrogen) atoms. The molecule has 0 unspecified atom stereocenters. The maximum absolute atomic E-state index is 6.87. The fraction of sp³-hybridized carbons (Fsp3) is 0.520. The summed E-state index contributed by atoms with van der Waals surface area (Å²) in [4.78, 5) is 0. The van der Waals surface area contributed by atoms with Crippen LogP contribution >= 0.6 is 31.9 Å². The highest BCUT2D eigenvalue weighted by Crippen LogP contribution is 2.36. The second-order valence-corrected chi connectivity index (χ2v) is 16.4. The van der Waals surface area contributed by atoms with Crippen LogP contribution in [-0.2, 0) is 13.9 Å². The summed E-state index contributed by atoms with van der Waals surface area (Å²) in [6.45, 7) is 10.6. The predicted molar refractivity (Wildman–Crippen MR) is 141 cm³/mol. The monoisotopic (exact) mass is 570 g/mol. The van der Waals surface area contributed by atoms with Crippen LogP contribution in [0, 0.1) is 0 Å². The minimum absolute atomic E-state index is 0.0111. The third kappa shape index (κ3) is 8.41. The van der Waals surface area contributed by atoms with Gasteiger partial charge in [-0.05, 0) is 34.7 Å². The van der Waals surface area contributed by atoms with Crippen LogP contribution < -0.4 is 10.4 Å². The van der Waals surface area contributed by atoms with Crippen molar-refractivity contribution in [1.29, 1.82) is 0 Å². The van der Waals surface area contributed by atoms with Crippen LogP contribution in [0.25, 0.3) is 0 Å². The van der Waals surface area contributed by atoms with Crippen molar-refractivity contribution >= 4 is 50.6 Å². The predicted octanol–water partition coefficient (Wildman–Crippen LogP) is 5.88. The number of rotatable bonds is 14. The quantitative estimate of drug-likeness (QED) is 0.161. The first-order chi connectivity index (χ1) is 14.9. The Hall–Kier alpha value is -0.503. The lowest BCUT2D eigenvalue weighted by atomic mass is 10.2. The zero-order chi connectivity index (χ0) is 22.6. The first kappa shape index (κ1) is 26.7. The minimum atomic E-state index is -2.43. The smallest absolute Gasteiger partial charge is 0.261 e. The Kier molecular flexibility index (Phi) is 12.0. The summed E-state index contributed by atoms with van der Waals surface area (Å²) in [6, 6.07) is 21.6. The fourth-order valence-electron chi connectivity index (χ4n) is 3.79. The number of alkyl halides is 2. The number of hydrogen-bond acceptors (Lipinski definition) is 3. The van der Waals surface area contributed by atoms with Gasteiger partial charge in [-0.25, -0.2) is 0 Å². The molecule has 0 saturated heterocycles. The third-order valence-corrected chi connectivity index (χ3v) is 11.2. The molecule has 0 radical (unpaired) electrons. The Morgan fingerprint density at radius 3 is 1.61 bits per heavy atom. The van der Waals surface area contributed by atoms with E-state index in [0.717, 1.165) is 39.1 Å². The maximum atomic E-state index is 6.87. The van der Waals surface area contributed by atoms with Crippen molar-refractivity contribution in [2.75, 3.05) is 33.0 Å². The molecule has 0 aromatic heterocycles. The van der Waals surface area contributed by atoms with Gasteiger partial charge in [0.2, 0.25) is 0 Å². The Bertz CT molecular complexity index is 681. The third-order valence-electron chi connectivity index (χ3n) is 5.23. The zero-order valence-electron chi connectivity index (χ0n) is 19.0. The molecule has 6 heteroatoms. The summed E-state index contributed by atoms with van der Waals surface area (Å²) in [5, 5.41) is 2.65. The summed E-state index contributed by atoms with van der Waals surface area (Å²) >= 11 is 6.90. The highest BCUT2D eigenvalue weighted by molar-refractivity contribution is 9.24. The number of halogens is 2. The van der Waals surface area contributed by atoms with E-state index in [1.54, 1.807) is 0 Å². The van der Waals surface area contributed by atoms with E-state index in [-0.39, 0.29) is 5.04 Å². The Morgan fingerprint density at radius 2 is 1.16 bits per heavy atom. The highest BCUT2D eigenvalue weighted by Gasteiger charge is 2.49. The first-order valence-corrected chi connectivity index (χ1v) is 14.8. The molecule has 0 heterocycles. The van der Waals surface area contributed by atoms with Gasteiger partial charge in [0, 0.05) is 33.0 Å². The second kappa shape index (κ2) is 13.9. The summed E-state index contributed by atoms with van der Waals surface area (Å²) in [6.07, 6.45) is 2.77. The SMILES string of the molecule is CC(C)(C)[Si](OCCCOCCCOCCC(Br)Br)(c1ccccc1)c1ccccc1. The standard InChI is InChI=1S/C25H36Br2O3Si/c1-25(2,3)31(22-12-6-4-7-13-22,23-14-8-5-9-15-23)30-20-11-19-28-17-10-18-29-21-16-24(26)27/h4-9,12-15,24H,10-11,16-21H2,1-3H3. The van der Waals surface area contributed by atoms with Crippen molar-refractivity contribution in [3.8, 4) is 0 Å². The van der Waals surface area contributed by atoms with Gasteiger partial charge in [0.25, 0.3) is 8.32 Å². The molecule has 172 valence electrons. The normalized spacial score (nSPS) is 12.5. The van der Waals surface area contributed by atoms with Crippen LogP contribution in [-0.4, -0.2) is 45.1 Å². The molecule has 0 amide bonds. The van der Waals surface area contributed by atoms with E-state index < -0.39 is 8.32 Å². The van der Waals surface area contributed by atoms with Gasteiger partial charge in [-0.3, -0.25) is 0 Å². The molecule has 2 aromatic rings. The molecule has 0 aliphatic heterocycles. The summed E-state index contributed by atoms with van der Waals surface area (Å²) in [5.41, 5.74) is 0. The van der Waals surface area contributed by atoms with E-state index in [1.807, 2.05) is 0 Å². The number of benzene rings is 2. The van der Waals surface area contributed by atoms with Crippen LogP contribution in [0.3, 0.4) is 0 Å². The van der Waals surface area contributed by atoms with Gasteiger partial charge >= 0.3 is 0 Å². The Morgan fingerprint density at radius 1 is 0.710 bits per heavy atom. The molecule has 0 saturated carbocycles. The van der Waals surface area contributed by atoms with E-state index in [2.05, 4.69) is 113 Å². The average Bonchev–Trinajstić information content (AvgIpc) is 2.75. The van der Waals surface area contributed by atoms with Crippen LogP contribution in [0.5, 0.6) is 0 Å². The van der Waals surface area contributed by atoms with Gasteiger partial charge in [-0.1, -0.05) is 113 Å². The average molecular weight is 572 g/mol. The molecule has 0 aliphatic rings. The molecule has 2 aromatic carbocycles. The van der Waals surface area contributed by atoms with Crippen molar-refractivity contribution in [2.45, 2.75) is 48.8 Å². The van der Waals surface area contributed by atoms with Gasteiger partial charge in [-0.2, -0.15) is 0 Å². The lowest BCUT2D eigenvalue weighted by molar-refractivity contribution is 0.0772. The van der Waals surface area contributed by atoms with Gasteiger partial charge in [0.05, 0.1) is 3.74 Å². The lowest BCUT2D eigenvalue weighted by Crippen LogP contribution is -2.66. The maximum Gasteiger partial charge on any atom is 0.261 e. The van der Waals surface area contributed by atoms with Crippen LogP contribution in [0.1, 0.15) is 40.0 Å². The Balaban J connectivity index is 1.89. The molecule has 2 rings (SSSR count). The van der Waals surface area contributed by atoms with Gasteiger partial charge in [0.15, 0.2) is 0 Å². The van der Waals surface area contributed by atoms with Gasteiger partial charge in [0.1, 0.15) is 0 Å². The first-order valence-electron chi connectivity index (χ1n) is 11.1. The molecule has 0 fully saturated rings. The van der Waals surface area contributed by atoms with Crippen molar-refractivity contribution in [3.05, 3.63) is 60.7 Å².